The maximum Gasteiger partial charge on any atom is 0.295 e. The summed E-state index contributed by atoms with van der Waals surface area (Å²) in [5.74, 6) is 2.56. The zero-order chi connectivity index (χ0) is 9.26. The lowest BCUT2D eigenvalue weighted by Crippen LogP contribution is -2.40. The summed E-state index contributed by atoms with van der Waals surface area (Å²) in [6.07, 6.45) is 8.37. The second-order valence-corrected chi connectivity index (χ2v) is 3.99. The molecule has 1 heterocycles. The Hall–Kier alpha value is -1.01. The van der Waals surface area contributed by atoms with Crippen LogP contribution in [0.2, 0.25) is 0 Å². The Morgan fingerprint density at radius 1 is 1.46 bits per heavy atom. The van der Waals surface area contributed by atoms with Gasteiger partial charge in [-0.15, -0.1) is 6.42 Å². The van der Waals surface area contributed by atoms with E-state index in [-0.39, 0.29) is 5.91 Å². The van der Waals surface area contributed by atoms with Gasteiger partial charge < -0.3 is 10.6 Å². The Bertz CT molecular complexity index is 244. The van der Waals surface area contributed by atoms with Crippen molar-refractivity contribution in [3.05, 3.63) is 0 Å². The number of carbonyl (C=O) groups excluding carboxylic acids is 1. The van der Waals surface area contributed by atoms with Crippen molar-refractivity contribution in [1.29, 1.82) is 0 Å². The molecule has 0 spiro atoms. The molecule has 2 bridgehead atoms. The van der Waals surface area contributed by atoms with Gasteiger partial charge in [-0.1, -0.05) is 0 Å². The van der Waals surface area contributed by atoms with Crippen LogP contribution in [0.1, 0.15) is 19.3 Å². The monoisotopic (exact) mass is 178 g/mol. The molecule has 3 unspecified atom stereocenters. The molecule has 1 saturated carbocycles. The SMILES string of the molecule is C#CC(=O)NC1CC2CNC(C2)C1. The number of terminal acetylenes is 1. The van der Waals surface area contributed by atoms with Crippen LogP contribution in [0.5, 0.6) is 0 Å². The van der Waals surface area contributed by atoms with Crippen LogP contribution >= 0.6 is 0 Å². The maximum atomic E-state index is 10.9. The lowest BCUT2D eigenvalue weighted by molar-refractivity contribution is -0.116. The average molecular weight is 178 g/mol. The number of hydrogen-bond donors (Lipinski definition) is 2. The maximum absolute atomic E-state index is 10.9. The molecule has 0 aromatic rings. The first-order chi connectivity index (χ1) is 6.28. The number of carbonyl (C=O) groups is 1. The van der Waals surface area contributed by atoms with Gasteiger partial charge in [-0.3, -0.25) is 4.79 Å². The molecule has 0 aromatic carbocycles. The molecule has 1 amide bonds. The van der Waals surface area contributed by atoms with Gasteiger partial charge in [0.25, 0.3) is 5.91 Å². The molecule has 3 nitrogen and oxygen atoms in total. The van der Waals surface area contributed by atoms with Gasteiger partial charge in [0.1, 0.15) is 0 Å². The van der Waals surface area contributed by atoms with E-state index in [2.05, 4.69) is 16.6 Å². The van der Waals surface area contributed by atoms with Crippen LogP contribution in [0.15, 0.2) is 0 Å². The lowest BCUT2D eigenvalue weighted by Gasteiger charge is -2.26. The number of fused-ring (bicyclic) bond motifs is 2. The predicted octanol–water partition coefficient (Wildman–Crippen LogP) is -0.124. The fraction of sp³-hybridized carbons (Fsp3) is 0.700. The van der Waals surface area contributed by atoms with E-state index in [4.69, 9.17) is 6.42 Å². The summed E-state index contributed by atoms with van der Waals surface area (Å²) in [6.45, 7) is 1.10. The van der Waals surface area contributed by atoms with Crippen LogP contribution < -0.4 is 10.6 Å². The van der Waals surface area contributed by atoms with Gasteiger partial charge in [0, 0.05) is 12.1 Å². The number of rotatable bonds is 1. The minimum atomic E-state index is -0.272. The molecule has 3 atom stereocenters. The smallest absolute Gasteiger partial charge is 0.295 e. The third-order valence-corrected chi connectivity index (χ3v) is 2.97. The normalized spacial score (nSPS) is 36.7. The highest BCUT2D eigenvalue weighted by molar-refractivity contribution is 5.93. The summed E-state index contributed by atoms with van der Waals surface area (Å²) in [6, 6.07) is 0.893. The van der Waals surface area contributed by atoms with E-state index >= 15 is 0 Å². The Morgan fingerprint density at radius 3 is 3.00 bits per heavy atom. The van der Waals surface area contributed by atoms with E-state index in [1.807, 2.05) is 0 Å². The van der Waals surface area contributed by atoms with Gasteiger partial charge in [-0.2, -0.15) is 0 Å². The Balaban J connectivity index is 1.89. The van der Waals surface area contributed by atoms with Crippen molar-refractivity contribution in [3.8, 4) is 12.3 Å². The molecule has 1 saturated heterocycles. The topological polar surface area (TPSA) is 41.1 Å². The summed E-state index contributed by atoms with van der Waals surface area (Å²) < 4.78 is 0. The highest BCUT2D eigenvalue weighted by atomic mass is 16.1. The van der Waals surface area contributed by atoms with Gasteiger partial charge in [-0.05, 0) is 37.6 Å². The van der Waals surface area contributed by atoms with E-state index in [0.717, 1.165) is 25.3 Å². The average Bonchev–Trinajstić information content (AvgIpc) is 2.46. The zero-order valence-electron chi connectivity index (χ0n) is 7.55. The summed E-state index contributed by atoms with van der Waals surface area (Å²) >= 11 is 0. The molecule has 13 heavy (non-hydrogen) atoms. The van der Waals surface area contributed by atoms with Crippen LogP contribution in [0.3, 0.4) is 0 Å². The zero-order valence-corrected chi connectivity index (χ0v) is 7.55. The van der Waals surface area contributed by atoms with Gasteiger partial charge in [0.05, 0.1) is 0 Å². The fourth-order valence-electron chi connectivity index (χ4n) is 2.45. The van der Waals surface area contributed by atoms with Crippen LogP contribution in [0.4, 0.5) is 0 Å². The highest BCUT2D eigenvalue weighted by Gasteiger charge is 2.33. The van der Waals surface area contributed by atoms with Crippen molar-refractivity contribution < 1.29 is 4.79 Å². The minimum Gasteiger partial charge on any atom is -0.342 e. The molecule has 0 radical (unpaired) electrons. The molecule has 2 fully saturated rings. The molecule has 2 aliphatic rings. The number of hydrogen-bond acceptors (Lipinski definition) is 2. The summed E-state index contributed by atoms with van der Waals surface area (Å²) in [7, 11) is 0. The Labute approximate surface area is 78.3 Å². The van der Waals surface area contributed by atoms with Crippen molar-refractivity contribution >= 4 is 5.91 Å². The molecule has 1 aliphatic carbocycles. The lowest BCUT2D eigenvalue weighted by atomic mass is 9.86. The van der Waals surface area contributed by atoms with E-state index in [1.54, 1.807) is 0 Å². The van der Waals surface area contributed by atoms with Gasteiger partial charge >= 0.3 is 0 Å². The highest BCUT2D eigenvalue weighted by Crippen LogP contribution is 2.29. The Morgan fingerprint density at radius 2 is 2.31 bits per heavy atom. The van der Waals surface area contributed by atoms with Crippen molar-refractivity contribution in [3.63, 3.8) is 0 Å². The molecule has 2 rings (SSSR count). The van der Waals surface area contributed by atoms with E-state index in [0.29, 0.717) is 12.1 Å². The molecule has 1 aliphatic heterocycles. The van der Waals surface area contributed by atoms with Crippen LogP contribution in [0.25, 0.3) is 0 Å². The summed E-state index contributed by atoms with van der Waals surface area (Å²) in [5.41, 5.74) is 0. The molecular formula is C10H14N2O. The fourth-order valence-corrected chi connectivity index (χ4v) is 2.45. The predicted molar refractivity (Wildman–Crippen MR) is 49.9 cm³/mol. The molecule has 2 N–H and O–H groups in total. The standard InChI is InChI=1S/C10H14N2O/c1-2-10(13)12-9-4-7-3-8(5-9)11-6-7/h1,7-9,11H,3-6H2,(H,12,13). The van der Waals surface area contributed by atoms with E-state index in [9.17, 15) is 4.79 Å². The van der Waals surface area contributed by atoms with Crippen LogP contribution in [-0.4, -0.2) is 24.5 Å². The van der Waals surface area contributed by atoms with Crippen molar-refractivity contribution in [2.45, 2.75) is 31.3 Å². The van der Waals surface area contributed by atoms with Gasteiger partial charge in [0.2, 0.25) is 0 Å². The first-order valence-corrected chi connectivity index (χ1v) is 4.78. The molecule has 0 aromatic heterocycles. The van der Waals surface area contributed by atoms with Crippen LogP contribution in [0, 0.1) is 18.3 Å². The molecule has 70 valence electrons. The van der Waals surface area contributed by atoms with Crippen molar-refractivity contribution in [2.24, 2.45) is 5.92 Å². The first kappa shape index (κ1) is 8.58. The minimum absolute atomic E-state index is 0.272. The second-order valence-electron chi connectivity index (χ2n) is 3.99. The largest absolute Gasteiger partial charge is 0.342 e. The van der Waals surface area contributed by atoms with E-state index < -0.39 is 0 Å². The quantitative estimate of drug-likeness (QED) is 0.549. The third-order valence-electron chi connectivity index (χ3n) is 2.97. The van der Waals surface area contributed by atoms with Gasteiger partial charge in [0.15, 0.2) is 0 Å². The number of nitrogens with one attached hydrogen (secondary N) is 2. The molecular weight excluding hydrogens is 164 g/mol. The Kier molecular flexibility index (Phi) is 2.24. The second kappa shape index (κ2) is 3.39. The van der Waals surface area contributed by atoms with Crippen molar-refractivity contribution in [2.75, 3.05) is 6.54 Å². The summed E-state index contributed by atoms with van der Waals surface area (Å²) in [5, 5.41) is 6.29. The van der Waals surface area contributed by atoms with Crippen molar-refractivity contribution in [1.82, 2.24) is 10.6 Å². The van der Waals surface area contributed by atoms with E-state index in [1.165, 1.54) is 6.42 Å². The molecule has 3 heteroatoms. The number of amides is 1. The third kappa shape index (κ3) is 1.84. The summed E-state index contributed by atoms with van der Waals surface area (Å²) in [4.78, 5) is 10.9. The van der Waals surface area contributed by atoms with Crippen LogP contribution in [-0.2, 0) is 4.79 Å². The first-order valence-electron chi connectivity index (χ1n) is 4.78. The van der Waals surface area contributed by atoms with Gasteiger partial charge in [-0.25, -0.2) is 0 Å².